The van der Waals surface area contributed by atoms with Crippen molar-refractivity contribution in [1.29, 1.82) is 0 Å². The molecule has 0 saturated heterocycles. The van der Waals surface area contributed by atoms with Crippen LogP contribution in [0.5, 0.6) is 0 Å². The summed E-state index contributed by atoms with van der Waals surface area (Å²) < 4.78 is 28.6. The van der Waals surface area contributed by atoms with E-state index in [1.807, 2.05) is 13.0 Å². The number of aromatic nitrogens is 1. The van der Waals surface area contributed by atoms with Crippen molar-refractivity contribution in [3.8, 4) is 10.4 Å². The van der Waals surface area contributed by atoms with Gasteiger partial charge in [-0.1, -0.05) is 49.8 Å². The second kappa shape index (κ2) is 10.5. The molecule has 0 aliphatic heterocycles. The van der Waals surface area contributed by atoms with Gasteiger partial charge in [0.25, 0.3) is 5.91 Å². The summed E-state index contributed by atoms with van der Waals surface area (Å²) in [5, 5.41) is 3.78. The lowest BCUT2D eigenvalue weighted by molar-refractivity contribution is 0.0916. The van der Waals surface area contributed by atoms with Crippen LogP contribution in [0.2, 0.25) is 5.02 Å². The zero-order valence-corrected chi connectivity index (χ0v) is 23.4. The van der Waals surface area contributed by atoms with Gasteiger partial charge in [0, 0.05) is 11.6 Å². The molecule has 2 saturated carbocycles. The van der Waals surface area contributed by atoms with Gasteiger partial charge >= 0.3 is 0 Å². The number of rotatable bonds is 7. The van der Waals surface area contributed by atoms with Crippen LogP contribution in [0.3, 0.4) is 0 Å². The first-order valence-corrected chi connectivity index (χ1v) is 15.3. The quantitative estimate of drug-likeness (QED) is 0.436. The predicted octanol–water partition coefficient (Wildman–Crippen LogP) is 6.25. The minimum absolute atomic E-state index is 0.0663. The van der Waals surface area contributed by atoms with Crippen LogP contribution in [0.15, 0.2) is 17.0 Å². The molecular formula is C26H36ClN3O3S2. The summed E-state index contributed by atoms with van der Waals surface area (Å²) in [4.78, 5) is 18.7. The molecule has 192 valence electrons. The van der Waals surface area contributed by atoms with Crippen LogP contribution in [-0.4, -0.2) is 30.9 Å². The second-order valence-electron chi connectivity index (χ2n) is 11.0. The highest BCUT2D eigenvalue weighted by Crippen LogP contribution is 2.40. The number of thiazole rings is 1. The van der Waals surface area contributed by atoms with Gasteiger partial charge in [-0.05, 0) is 76.5 Å². The predicted molar refractivity (Wildman–Crippen MR) is 143 cm³/mol. The number of halogens is 1. The van der Waals surface area contributed by atoms with Crippen molar-refractivity contribution in [3.05, 3.63) is 33.4 Å². The number of carbonyl (C=O) groups excluding carboxylic acids is 1. The molecular weight excluding hydrogens is 502 g/mol. The van der Waals surface area contributed by atoms with Gasteiger partial charge in [-0.3, -0.25) is 4.79 Å². The molecule has 9 heteroatoms. The fourth-order valence-corrected chi connectivity index (χ4v) is 7.93. The number of sulfonamides is 1. The third kappa shape index (κ3) is 6.27. The fourth-order valence-electron chi connectivity index (χ4n) is 4.83. The molecule has 2 N–H and O–H groups in total. The molecule has 0 radical (unpaired) electrons. The third-order valence-electron chi connectivity index (χ3n) is 6.86. The normalized spacial score (nSPS) is 17.9. The molecule has 0 unspecified atom stereocenters. The number of benzene rings is 1. The summed E-state index contributed by atoms with van der Waals surface area (Å²) in [5.41, 5.74) is 1.82. The van der Waals surface area contributed by atoms with Crippen molar-refractivity contribution in [2.75, 3.05) is 0 Å². The summed E-state index contributed by atoms with van der Waals surface area (Å²) in [6, 6.07) is 3.62. The molecule has 4 rings (SSSR count). The number of hydrogen-bond acceptors (Lipinski definition) is 5. The second-order valence-corrected chi connectivity index (χ2v) is 14.0. The topological polar surface area (TPSA) is 88.2 Å². The summed E-state index contributed by atoms with van der Waals surface area (Å²) >= 11 is 8.04. The zero-order chi connectivity index (χ0) is 25.4. The molecule has 1 aromatic carbocycles. The van der Waals surface area contributed by atoms with Crippen molar-refractivity contribution in [2.24, 2.45) is 5.92 Å². The van der Waals surface area contributed by atoms with Crippen LogP contribution < -0.4 is 10.0 Å². The lowest BCUT2D eigenvalue weighted by atomic mass is 9.85. The first kappa shape index (κ1) is 26.6. The summed E-state index contributed by atoms with van der Waals surface area (Å²) in [5.74, 6) is 0.437. The van der Waals surface area contributed by atoms with Crippen molar-refractivity contribution in [3.63, 3.8) is 0 Å². The molecule has 1 aromatic heterocycles. The molecule has 2 aliphatic rings. The zero-order valence-electron chi connectivity index (χ0n) is 21.0. The van der Waals surface area contributed by atoms with Crippen LogP contribution in [0.1, 0.15) is 93.2 Å². The van der Waals surface area contributed by atoms with E-state index in [2.05, 4.69) is 10.0 Å². The Morgan fingerprint density at radius 1 is 1.11 bits per heavy atom. The number of nitrogens with zero attached hydrogens (tertiary/aromatic N) is 1. The Bertz CT molecular complexity index is 1190. The lowest BCUT2D eigenvalue weighted by Crippen LogP contribution is -2.40. The first-order chi connectivity index (χ1) is 16.4. The highest BCUT2D eigenvalue weighted by atomic mass is 35.5. The van der Waals surface area contributed by atoms with E-state index in [0.717, 1.165) is 41.8 Å². The Morgan fingerprint density at radius 3 is 2.40 bits per heavy atom. The van der Waals surface area contributed by atoms with Crippen molar-refractivity contribution in [2.45, 2.75) is 102 Å². The molecule has 2 aromatic rings. The molecule has 35 heavy (non-hydrogen) atoms. The van der Waals surface area contributed by atoms with Crippen LogP contribution >= 0.6 is 22.9 Å². The van der Waals surface area contributed by atoms with Gasteiger partial charge in [-0.25, -0.2) is 18.1 Å². The number of hydrogen-bond donors (Lipinski definition) is 2. The van der Waals surface area contributed by atoms with Crippen LogP contribution in [-0.2, 0) is 16.4 Å². The van der Waals surface area contributed by atoms with E-state index in [1.165, 1.54) is 43.4 Å². The van der Waals surface area contributed by atoms with Crippen LogP contribution in [0, 0.1) is 12.8 Å². The van der Waals surface area contributed by atoms with Crippen molar-refractivity contribution >= 4 is 38.9 Å². The van der Waals surface area contributed by atoms with Crippen molar-refractivity contribution < 1.29 is 13.2 Å². The SMILES string of the molecule is Cc1c(-c2sc(C(=O)NC3CCC3)nc2CC2CCCCC2)ccc(S(=O)(=O)NC(C)(C)C)c1Cl. The van der Waals surface area contributed by atoms with E-state index in [9.17, 15) is 13.2 Å². The maximum Gasteiger partial charge on any atom is 0.280 e. The Hall–Kier alpha value is -1.48. The van der Waals surface area contributed by atoms with Gasteiger partial charge in [0.1, 0.15) is 4.90 Å². The van der Waals surface area contributed by atoms with E-state index in [-0.39, 0.29) is 21.9 Å². The molecule has 6 nitrogen and oxygen atoms in total. The van der Waals surface area contributed by atoms with Gasteiger partial charge in [-0.15, -0.1) is 11.3 Å². The number of amides is 1. The molecule has 1 heterocycles. The van der Waals surface area contributed by atoms with E-state index < -0.39 is 15.6 Å². The molecule has 0 atom stereocenters. The van der Waals surface area contributed by atoms with Gasteiger partial charge in [0.05, 0.1) is 15.6 Å². The molecule has 0 bridgehead atoms. The van der Waals surface area contributed by atoms with Gasteiger partial charge in [0.2, 0.25) is 10.0 Å². The molecule has 0 spiro atoms. The molecule has 1 amide bonds. The Kier molecular flexibility index (Phi) is 7.96. The summed E-state index contributed by atoms with van der Waals surface area (Å²) in [6.07, 6.45) is 10.1. The van der Waals surface area contributed by atoms with Gasteiger partial charge in [-0.2, -0.15) is 0 Å². The minimum atomic E-state index is -3.78. The smallest absolute Gasteiger partial charge is 0.280 e. The standard InChI is InChI=1S/C26H36ClN3O3S2/c1-16-19(13-14-21(22(16)27)35(32,33)30-26(2,3)4)23-20(15-17-9-6-5-7-10-17)29-25(34-23)24(31)28-18-11-8-12-18/h13-14,17-18,30H,5-12,15H2,1-4H3,(H,28,31). The van der Waals surface area contributed by atoms with E-state index in [4.69, 9.17) is 16.6 Å². The average molecular weight is 538 g/mol. The summed E-state index contributed by atoms with van der Waals surface area (Å²) in [6.45, 7) is 7.23. The number of carbonyl (C=O) groups is 1. The van der Waals surface area contributed by atoms with Crippen molar-refractivity contribution in [1.82, 2.24) is 15.0 Å². The Morgan fingerprint density at radius 2 is 1.80 bits per heavy atom. The Labute approximate surface area is 218 Å². The Balaban J connectivity index is 1.71. The number of nitrogens with one attached hydrogen (secondary N) is 2. The van der Waals surface area contributed by atoms with E-state index >= 15 is 0 Å². The summed E-state index contributed by atoms with van der Waals surface area (Å²) in [7, 11) is -3.78. The minimum Gasteiger partial charge on any atom is -0.347 e. The van der Waals surface area contributed by atoms with E-state index in [1.54, 1.807) is 26.8 Å². The highest BCUT2D eigenvalue weighted by molar-refractivity contribution is 7.89. The van der Waals surface area contributed by atoms with E-state index in [0.29, 0.717) is 16.5 Å². The van der Waals surface area contributed by atoms with Crippen LogP contribution in [0.25, 0.3) is 10.4 Å². The monoisotopic (exact) mass is 537 g/mol. The first-order valence-electron chi connectivity index (χ1n) is 12.6. The van der Waals surface area contributed by atoms with Gasteiger partial charge < -0.3 is 5.32 Å². The lowest BCUT2D eigenvalue weighted by Gasteiger charge is -2.25. The third-order valence-corrected chi connectivity index (χ3v) is 10.4. The fraction of sp³-hybridized carbons (Fsp3) is 0.615. The average Bonchev–Trinajstić information content (AvgIpc) is 3.15. The molecule has 2 aliphatic carbocycles. The molecule has 2 fully saturated rings. The van der Waals surface area contributed by atoms with Crippen LogP contribution in [0.4, 0.5) is 0 Å². The maximum atomic E-state index is 13.0. The van der Waals surface area contributed by atoms with Gasteiger partial charge in [0.15, 0.2) is 5.01 Å². The highest BCUT2D eigenvalue weighted by Gasteiger charge is 2.29. The maximum absolute atomic E-state index is 13.0. The largest absolute Gasteiger partial charge is 0.347 e.